The molecule has 1 saturated heterocycles. The average molecular weight is 319 g/mol. The molecular formula is C18H19F2NO2. The van der Waals surface area contributed by atoms with Crippen molar-refractivity contribution in [3.05, 3.63) is 59.6 Å². The van der Waals surface area contributed by atoms with Crippen LogP contribution < -0.4 is 0 Å². The van der Waals surface area contributed by atoms with Crippen LogP contribution in [-0.4, -0.2) is 23.9 Å². The minimum atomic E-state index is -0.816. The van der Waals surface area contributed by atoms with Gasteiger partial charge in [-0.25, -0.2) is 8.78 Å². The van der Waals surface area contributed by atoms with Crippen LogP contribution in [0.1, 0.15) is 35.2 Å². The molecule has 3 nitrogen and oxygen atoms in total. The van der Waals surface area contributed by atoms with Gasteiger partial charge in [-0.1, -0.05) is 6.07 Å². The summed E-state index contributed by atoms with van der Waals surface area (Å²) in [5.41, 5.74) is 1.37. The molecule has 0 saturated carbocycles. The largest absolute Gasteiger partial charge is 0.472 e. The first-order chi connectivity index (χ1) is 11.1. The van der Waals surface area contributed by atoms with E-state index in [1.54, 1.807) is 12.1 Å². The Labute approximate surface area is 133 Å². The smallest absolute Gasteiger partial charge is 0.257 e. The minimum Gasteiger partial charge on any atom is -0.472 e. The average Bonchev–Trinajstić information content (AvgIpc) is 3.10. The van der Waals surface area contributed by atoms with Crippen molar-refractivity contribution >= 4 is 5.91 Å². The van der Waals surface area contributed by atoms with Crippen molar-refractivity contribution in [2.75, 3.05) is 13.1 Å². The predicted octanol–water partition coefficient (Wildman–Crippen LogP) is 4.04. The molecule has 5 heteroatoms. The summed E-state index contributed by atoms with van der Waals surface area (Å²) < 4.78 is 31.1. The number of piperidine rings is 1. The third kappa shape index (κ3) is 3.78. The van der Waals surface area contributed by atoms with E-state index in [9.17, 15) is 13.6 Å². The van der Waals surface area contributed by atoms with E-state index in [0.717, 1.165) is 31.4 Å². The summed E-state index contributed by atoms with van der Waals surface area (Å²) in [5.74, 6) is -1.24. The summed E-state index contributed by atoms with van der Waals surface area (Å²) >= 11 is 0. The van der Waals surface area contributed by atoms with E-state index >= 15 is 0 Å². The molecule has 0 spiro atoms. The fourth-order valence-electron chi connectivity index (χ4n) is 3.12. The molecule has 3 rings (SSSR count). The molecule has 1 atom stereocenters. The van der Waals surface area contributed by atoms with Crippen molar-refractivity contribution in [3.8, 4) is 0 Å². The second-order valence-electron chi connectivity index (χ2n) is 6.06. The van der Waals surface area contributed by atoms with E-state index in [-0.39, 0.29) is 5.91 Å². The lowest BCUT2D eigenvalue weighted by molar-refractivity contribution is 0.0667. The Balaban J connectivity index is 1.56. The number of hydrogen-bond acceptors (Lipinski definition) is 2. The second-order valence-corrected chi connectivity index (χ2v) is 6.06. The van der Waals surface area contributed by atoms with Crippen LogP contribution in [0.15, 0.2) is 41.2 Å². The Morgan fingerprint density at radius 1 is 1.26 bits per heavy atom. The van der Waals surface area contributed by atoms with Crippen molar-refractivity contribution in [2.45, 2.75) is 25.7 Å². The molecule has 122 valence electrons. The molecule has 0 bridgehead atoms. The van der Waals surface area contributed by atoms with Crippen LogP contribution in [0.5, 0.6) is 0 Å². The van der Waals surface area contributed by atoms with Crippen LogP contribution in [0.4, 0.5) is 8.78 Å². The standard InChI is InChI=1S/C18H19F2NO2/c19-16-6-5-13(10-17(16)20)3-4-14-2-1-8-21(11-14)18(22)15-7-9-23-12-15/h5-7,9-10,12,14H,1-4,8,11H2/t14-/m1/s1. The van der Waals surface area contributed by atoms with Gasteiger partial charge in [-0.15, -0.1) is 0 Å². The number of aryl methyl sites for hydroxylation is 1. The highest BCUT2D eigenvalue weighted by atomic mass is 19.2. The first-order valence-corrected chi connectivity index (χ1v) is 7.89. The highest BCUT2D eigenvalue weighted by Gasteiger charge is 2.24. The first kappa shape index (κ1) is 15.7. The fourth-order valence-corrected chi connectivity index (χ4v) is 3.12. The van der Waals surface area contributed by atoms with Gasteiger partial charge in [0.25, 0.3) is 5.91 Å². The molecule has 0 N–H and O–H groups in total. The zero-order valence-corrected chi connectivity index (χ0v) is 12.8. The Morgan fingerprint density at radius 2 is 2.13 bits per heavy atom. The fraction of sp³-hybridized carbons (Fsp3) is 0.389. The van der Waals surface area contributed by atoms with E-state index in [1.165, 1.54) is 24.7 Å². The Kier molecular flexibility index (Phi) is 4.74. The maximum absolute atomic E-state index is 13.2. The molecule has 1 amide bonds. The van der Waals surface area contributed by atoms with Crippen LogP contribution in [0.2, 0.25) is 0 Å². The van der Waals surface area contributed by atoms with Gasteiger partial charge in [0.05, 0.1) is 11.8 Å². The molecule has 0 unspecified atom stereocenters. The SMILES string of the molecule is O=C(c1ccoc1)N1CCC[C@H](CCc2ccc(F)c(F)c2)C1. The molecule has 1 aromatic heterocycles. The molecule has 1 aliphatic rings. The zero-order chi connectivity index (χ0) is 16.2. The van der Waals surface area contributed by atoms with Crippen LogP contribution in [0.25, 0.3) is 0 Å². The molecule has 2 aromatic rings. The van der Waals surface area contributed by atoms with E-state index in [4.69, 9.17) is 4.42 Å². The Morgan fingerprint density at radius 3 is 2.87 bits per heavy atom. The number of halogens is 2. The number of hydrogen-bond donors (Lipinski definition) is 0. The lowest BCUT2D eigenvalue weighted by Crippen LogP contribution is -2.39. The monoisotopic (exact) mass is 319 g/mol. The van der Waals surface area contributed by atoms with Gasteiger partial charge in [0.2, 0.25) is 0 Å². The Hall–Kier alpha value is -2.17. The number of benzene rings is 1. The van der Waals surface area contributed by atoms with Crippen LogP contribution in [-0.2, 0) is 6.42 Å². The van der Waals surface area contributed by atoms with Gasteiger partial charge < -0.3 is 9.32 Å². The highest BCUT2D eigenvalue weighted by molar-refractivity contribution is 5.93. The number of nitrogens with zero attached hydrogens (tertiary/aromatic N) is 1. The van der Waals surface area contributed by atoms with Crippen molar-refractivity contribution in [3.63, 3.8) is 0 Å². The molecule has 23 heavy (non-hydrogen) atoms. The van der Waals surface area contributed by atoms with E-state index in [1.807, 2.05) is 4.90 Å². The van der Waals surface area contributed by atoms with Crippen LogP contribution >= 0.6 is 0 Å². The van der Waals surface area contributed by atoms with Gasteiger partial charge >= 0.3 is 0 Å². The summed E-state index contributed by atoms with van der Waals surface area (Å²) in [6.45, 7) is 1.46. The molecule has 0 aliphatic carbocycles. The number of amides is 1. The zero-order valence-electron chi connectivity index (χ0n) is 12.8. The number of carbonyl (C=O) groups excluding carboxylic acids is 1. The number of carbonyl (C=O) groups is 1. The third-order valence-electron chi connectivity index (χ3n) is 4.40. The van der Waals surface area contributed by atoms with Gasteiger partial charge in [-0.3, -0.25) is 4.79 Å². The second kappa shape index (κ2) is 6.94. The van der Waals surface area contributed by atoms with Crippen molar-refractivity contribution in [2.24, 2.45) is 5.92 Å². The van der Waals surface area contributed by atoms with Gasteiger partial charge in [0.15, 0.2) is 11.6 Å². The van der Waals surface area contributed by atoms with E-state index in [0.29, 0.717) is 24.4 Å². The maximum atomic E-state index is 13.2. The van der Waals surface area contributed by atoms with Gasteiger partial charge in [0.1, 0.15) is 6.26 Å². The lowest BCUT2D eigenvalue weighted by atomic mass is 9.91. The quantitative estimate of drug-likeness (QED) is 0.852. The van der Waals surface area contributed by atoms with Gasteiger partial charge in [-0.2, -0.15) is 0 Å². The van der Waals surface area contributed by atoms with Crippen molar-refractivity contribution in [1.29, 1.82) is 0 Å². The summed E-state index contributed by atoms with van der Waals surface area (Å²) in [7, 11) is 0. The summed E-state index contributed by atoms with van der Waals surface area (Å²) in [4.78, 5) is 14.2. The summed E-state index contributed by atoms with van der Waals surface area (Å²) in [6, 6.07) is 5.72. The van der Waals surface area contributed by atoms with Crippen molar-refractivity contribution < 1.29 is 18.0 Å². The number of likely N-dealkylation sites (tertiary alicyclic amines) is 1. The topological polar surface area (TPSA) is 33.5 Å². The number of furan rings is 1. The molecule has 2 heterocycles. The predicted molar refractivity (Wildman–Crippen MR) is 82.0 cm³/mol. The summed E-state index contributed by atoms with van der Waals surface area (Å²) in [5, 5.41) is 0. The van der Waals surface area contributed by atoms with E-state index in [2.05, 4.69) is 0 Å². The van der Waals surface area contributed by atoms with Gasteiger partial charge in [-0.05, 0) is 55.4 Å². The molecule has 1 aliphatic heterocycles. The normalized spacial score (nSPS) is 18.2. The Bertz CT molecular complexity index is 670. The summed E-state index contributed by atoms with van der Waals surface area (Å²) in [6.07, 6.45) is 6.53. The van der Waals surface area contributed by atoms with Gasteiger partial charge in [0, 0.05) is 13.1 Å². The molecular weight excluding hydrogens is 300 g/mol. The lowest BCUT2D eigenvalue weighted by Gasteiger charge is -2.32. The number of rotatable bonds is 4. The first-order valence-electron chi connectivity index (χ1n) is 7.89. The molecule has 0 radical (unpaired) electrons. The highest BCUT2D eigenvalue weighted by Crippen LogP contribution is 2.23. The minimum absolute atomic E-state index is 0.00345. The molecule has 1 fully saturated rings. The van der Waals surface area contributed by atoms with Crippen LogP contribution in [0, 0.1) is 17.6 Å². The van der Waals surface area contributed by atoms with Crippen LogP contribution in [0.3, 0.4) is 0 Å². The van der Waals surface area contributed by atoms with Crippen molar-refractivity contribution in [1.82, 2.24) is 4.90 Å². The third-order valence-corrected chi connectivity index (χ3v) is 4.40. The molecule has 1 aromatic carbocycles. The maximum Gasteiger partial charge on any atom is 0.257 e. The van der Waals surface area contributed by atoms with E-state index < -0.39 is 11.6 Å².